The minimum absolute atomic E-state index is 0.122. The van der Waals surface area contributed by atoms with Crippen molar-refractivity contribution < 1.29 is 19.8 Å². The maximum atomic E-state index is 11.3. The molecule has 0 N–H and O–H groups in total. The lowest BCUT2D eigenvalue weighted by atomic mass is 9.86. The summed E-state index contributed by atoms with van der Waals surface area (Å²) in [6.07, 6.45) is 10.3. The number of aliphatic carboxylic acids is 2. The van der Waals surface area contributed by atoms with Gasteiger partial charge in [0.15, 0.2) is 0 Å². The summed E-state index contributed by atoms with van der Waals surface area (Å²) in [5, 5.41) is 21.6. The normalized spacial score (nSPS) is 13.7. The highest BCUT2D eigenvalue weighted by atomic mass is 16.4. The third-order valence-electron chi connectivity index (χ3n) is 4.43. The maximum Gasteiger partial charge on any atom is 0.0445 e. The van der Waals surface area contributed by atoms with Crippen LogP contribution in [-0.2, 0) is 9.59 Å². The van der Waals surface area contributed by atoms with Gasteiger partial charge in [-0.25, -0.2) is 0 Å². The molecular formula is C18H32O4-2. The first kappa shape index (κ1) is 20.9. The van der Waals surface area contributed by atoms with Gasteiger partial charge in [0.05, 0.1) is 0 Å². The third-order valence-corrected chi connectivity index (χ3v) is 4.43. The first-order valence-corrected chi connectivity index (χ1v) is 8.91. The van der Waals surface area contributed by atoms with Crippen molar-refractivity contribution in [2.24, 2.45) is 11.8 Å². The molecule has 0 aliphatic rings. The Morgan fingerprint density at radius 2 is 1.50 bits per heavy atom. The number of rotatable bonds is 15. The van der Waals surface area contributed by atoms with Gasteiger partial charge in [-0.15, -0.1) is 0 Å². The Kier molecular flexibility index (Phi) is 12.9. The van der Waals surface area contributed by atoms with Gasteiger partial charge >= 0.3 is 0 Å². The van der Waals surface area contributed by atoms with E-state index in [0.29, 0.717) is 18.8 Å². The first-order chi connectivity index (χ1) is 10.5. The monoisotopic (exact) mass is 312 g/mol. The van der Waals surface area contributed by atoms with Crippen molar-refractivity contribution in [1.82, 2.24) is 0 Å². The Hall–Kier alpha value is -1.06. The quantitative estimate of drug-likeness (QED) is 0.435. The molecular weight excluding hydrogens is 280 g/mol. The predicted molar refractivity (Wildman–Crippen MR) is 83.7 cm³/mol. The summed E-state index contributed by atoms with van der Waals surface area (Å²) < 4.78 is 0. The Bertz CT molecular complexity index is 301. The zero-order valence-electron chi connectivity index (χ0n) is 14.3. The Morgan fingerprint density at radius 1 is 0.864 bits per heavy atom. The SMILES string of the molecule is CCCCC(CC)CC(CCCCCCCC(=O)[O-])C(=O)[O-]. The van der Waals surface area contributed by atoms with Gasteiger partial charge in [-0.1, -0.05) is 65.2 Å². The molecule has 4 heteroatoms. The van der Waals surface area contributed by atoms with Crippen LogP contribution in [0.1, 0.15) is 90.9 Å². The highest BCUT2D eigenvalue weighted by Crippen LogP contribution is 2.25. The van der Waals surface area contributed by atoms with E-state index in [9.17, 15) is 19.8 Å². The molecule has 0 amide bonds. The van der Waals surface area contributed by atoms with Crippen molar-refractivity contribution in [1.29, 1.82) is 0 Å². The lowest BCUT2D eigenvalue weighted by molar-refractivity contribution is -0.312. The molecule has 0 fully saturated rings. The third kappa shape index (κ3) is 11.6. The highest BCUT2D eigenvalue weighted by Gasteiger charge is 2.16. The zero-order chi connectivity index (χ0) is 16.8. The summed E-state index contributed by atoms with van der Waals surface area (Å²) in [5.74, 6) is -1.74. The smallest absolute Gasteiger partial charge is 0.0445 e. The molecule has 0 aromatic heterocycles. The summed E-state index contributed by atoms with van der Waals surface area (Å²) in [6, 6.07) is 0. The molecule has 0 spiro atoms. The molecule has 0 radical (unpaired) electrons. The molecule has 0 saturated heterocycles. The largest absolute Gasteiger partial charge is 0.550 e. The van der Waals surface area contributed by atoms with Crippen LogP contribution in [0.5, 0.6) is 0 Å². The van der Waals surface area contributed by atoms with E-state index < -0.39 is 11.9 Å². The molecule has 0 aliphatic heterocycles. The molecule has 0 aromatic carbocycles. The van der Waals surface area contributed by atoms with Crippen LogP contribution in [0.2, 0.25) is 0 Å². The van der Waals surface area contributed by atoms with E-state index in [0.717, 1.165) is 57.8 Å². The minimum atomic E-state index is -0.991. The van der Waals surface area contributed by atoms with Crippen LogP contribution in [-0.4, -0.2) is 11.9 Å². The maximum absolute atomic E-state index is 11.3. The topological polar surface area (TPSA) is 80.3 Å². The van der Waals surface area contributed by atoms with Crippen molar-refractivity contribution in [3.8, 4) is 0 Å². The molecule has 0 aromatic rings. The molecule has 130 valence electrons. The van der Waals surface area contributed by atoms with Crippen LogP contribution in [0, 0.1) is 11.8 Å². The summed E-state index contributed by atoms with van der Waals surface area (Å²) in [7, 11) is 0. The summed E-state index contributed by atoms with van der Waals surface area (Å²) >= 11 is 0. The fraction of sp³-hybridized carbons (Fsp3) is 0.889. The molecule has 2 unspecified atom stereocenters. The second-order valence-electron chi connectivity index (χ2n) is 6.35. The fourth-order valence-corrected chi connectivity index (χ4v) is 2.91. The second-order valence-corrected chi connectivity index (χ2v) is 6.35. The number of hydrogen-bond donors (Lipinski definition) is 0. The first-order valence-electron chi connectivity index (χ1n) is 8.91. The fourth-order valence-electron chi connectivity index (χ4n) is 2.91. The minimum Gasteiger partial charge on any atom is -0.550 e. The number of carbonyl (C=O) groups excluding carboxylic acids is 2. The van der Waals surface area contributed by atoms with E-state index in [1.54, 1.807) is 0 Å². The zero-order valence-corrected chi connectivity index (χ0v) is 14.3. The van der Waals surface area contributed by atoms with E-state index in [2.05, 4.69) is 13.8 Å². The van der Waals surface area contributed by atoms with E-state index >= 15 is 0 Å². The van der Waals surface area contributed by atoms with Gasteiger partial charge in [0, 0.05) is 11.9 Å². The van der Waals surface area contributed by atoms with Crippen LogP contribution in [0.3, 0.4) is 0 Å². The van der Waals surface area contributed by atoms with Gasteiger partial charge in [-0.05, 0) is 37.5 Å². The number of hydrogen-bond acceptors (Lipinski definition) is 4. The molecule has 0 aliphatic carbocycles. The Morgan fingerprint density at radius 3 is 2.05 bits per heavy atom. The van der Waals surface area contributed by atoms with Gasteiger partial charge < -0.3 is 19.8 Å². The molecule has 0 saturated carbocycles. The average molecular weight is 312 g/mol. The van der Waals surface area contributed by atoms with E-state index in [-0.39, 0.29) is 12.3 Å². The van der Waals surface area contributed by atoms with Gasteiger partial charge in [-0.3, -0.25) is 0 Å². The van der Waals surface area contributed by atoms with Crippen LogP contribution < -0.4 is 10.2 Å². The van der Waals surface area contributed by atoms with Crippen LogP contribution in [0.15, 0.2) is 0 Å². The van der Waals surface area contributed by atoms with Gasteiger partial charge in [0.25, 0.3) is 0 Å². The Balaban J connectivity index is 3.89. The second kappa shape index (κ2) is 13.6. The molecule has 22 heavy (non-hydrogen) atoms. The number of carboxylic acids is 2. The number of carboxylic acid groups (broad SMARTS) is 2. The highest BCUT2D eigenvalue weighted by molar-refractivity contribution is 5.67. The molecule has 2 atom stereocenters. The standard InChI is InChI=1S/C18H34O4/c1-3-5-11-15(4-2)14-16(18(21)22)12-9-7-6-8-10-13-17(19)20/h15-16H,3-14H2,1-2H3,(H,19,20)(H,21,22)/p-2. The Labute approximate surface area is 135 Å². The predicted octanol–water partition coefficient (Wildman–Crippen LogP) is 2.44. The van der Waals surface area contributed by atoms with Gasteiger partial charge in [-0.2, -0.15) is 0 Å². The summed E-state index contributed by atoms with van der Waals surface area (Å²) in [5.41, 5.74) is 0. The molecule has 0 heterocycles. The van der Waals surface area contributed by atoms with Gasteiger partial charge in [0.2, 0.25) is 0 Å². The van der Waals surface area contributed by atoms with E-state index in [1.807, 2.05) is 0 Å². The summed E-state index contributed by atoms with van der Waals surface area (Å²) in [6.45, 7) is 4.29. The van der Waals surface area contributed by atoms with Crippen LogP contribution in [0.4, 0.5) is 0 Å². The van der Waals surface area contributed by atoms with Gasteiger partial charge in [0.1, 0.15) is 0 Å². The lowest BCUT2D eigenvalue weighted by Crippen LogP contribution is -2.32. The molecule has 0 bridgehead atoms. The van der Waals surface area contributed by atoms with Crippen molar-refractivity contribution >= 4 is 11.9 Å². The number of carbonyl (C=O) groups is 2. The van der Waals surface area contributed by atoms with Crippen LogP contribution >= 0.6 is 0 Å². The van der Waals surface area contributed by atoms with Crippen molar-refractivity contribution in [3.05, 3.63) is 0 Å². The van der Waals surface area contributed by atoms with Crippen LogP contribution in [0.25, 0.3) is 0 Å². The lowest BCUT2D eigenvalue weighted by Gasteiger charge is -2.23. The summed E-state index contributed by atoms with van der Waals surface area (Å²) in [4.78, 5) is 21.6. The average Bonchev–Trinajstić information content (AvgIpc) is 2.47. The molecule has 4 nitrogen and oxygen atoms in total. The van der Waals surface area contributed by atoms with Crippen molar-refractivity contribution in [3.63, 3.8) is 0 Å². The van der Waals surface area contributed by atoms with Crippen molar-refractivity contribution in [2.75, 3.05) is 0 Å². The molecule has 0 rings (SSSR count). The van der Waals surface area contributed by atoms with E-state index in [1.165, 1.54) is 0 Å². The number of unbranched alkanes of at least 4 members (excludes halogenated alkanes) is 5. The van der Waals surface area contributed by atoms with Crippen molar-refractivity contribution in [2.45, 2.75) is 90.9 Å². The van der Waals surface area contributed by atoms with E-state index in [4.69, 9.17) is 0 Å².